The Labute approximate surface area is 134 Å². The van der Waals surface area contributed by atoms with E-state index in [0.717, 1.165) is 12.1 Å². The molecule has 0 amide bonds. The van der Waals surface area contributed by atoms with Crippen LogP contribution in [0, 0.1) is 0 Å². The third-order valence-electron chi connectivity index (χ3n) is 3.36. The van der Waals surface area contributed by atoms with Crippen LogP contribution in [0.1, 0.15) is 22.8 Å². The lowest BCUT2D eigenvalue weighted by Crippen LogP contribution is -2.07. The zero-order valence-electron chi connectivity index (χ0n) is 12.5. The highest BCUT2D eigenvalue weighted by Gasteiger charge is 2.30. The number of esters is 1. The lowest BCUT2D eigenvalue weighted by atomic mass is 10.1. The molecule has 0 aliphatic heterocycles. The molecule has 0 aliphatic rings. The molecule has 0 bridgehead atoms. The Morgan fingerprint density at radius 3 is 2.54 bits per heavy atom. The van der Waals surface area contributed by atoms with Crippen LogP contribution < -0.4 is 0 Å². The van der Waals surface area contributed by atoms with Crippen molar-refractivity contribution in [2.75, 3.05) is 6.61 Å². The smallest absolute Gasteiger partial charge is 0.416 e. The molecule has 0 spiro atoms. The van der Waals surface area contributed by atoms with Crippen LogP contribution in [0.25, 0.3) is 16.9 Å². The average molecular weight is 335 g/mol. The monoisotopic (exact) mass is 335 g/mol. The Balaban J connectivity index is 2.02. The summed E-state index contributed by atoms with van der Waals surface area (Å²) in [4.78, 5) is 16.2. The van der Waals surface area contributed by atoms with Crippen LogP contribution in [-0.4, -0.2) is 27.2 Å². The summed E-state index contributed by atoms with van der Waals surface area (Å²) < 4.78 is 44.2. The van der Waals surface area contributed by atoms with E-state index in [2.05, 4.69) is 10.1 Å². The molecule has 5 nitrogen and oxygen atoms in total. The van der Waals surface area contributed by atoms with E-state index in [1.54, 1.807) is 13.1 Å². The zero-order chi connectivity index (χ0) is 17.3. The molecule has 0 saturated heterocycles. The van der Waals surface area contributed by atoms with Gasteiger partial charge in [0.1, 0.15) is 5.56 Å². The SMILES string of the molecule is CCOC(=O)c1ccnn2cc(-c3ccc(C(F)(F)F)cc3)nc12. The van der Waals surface area contributed by atoms with E-state index in [1.807, 2.05) is 0 Å². The number of alkyl halides is 3. The van der Waals surface area contributed by atoms with Gasteiger partial charge in [-0.25, -0.2) is 14.3 Å². The molecular weight excluding hydrogens is 323 g/mol. The van der Waals surface area contributed by atoms with Gasteiger partial charge in [-0.15, -0.1) is 0 Å². The topological polar surface area (TPSA) is 56.5 Å². The number of carbonyl (C=O) groups is 1. The lowest BCUT2D eigenvalue weighted by molar-refractivity contribution is -0.137. The number of halogens is 3. The molecule has 24 heavy (non-hydrogen) atoms. The summed E-state index contributed by atoms with van der Waals surface area (Å²) in [7, 11) is 0. The molecule has 0 atom stereocenters. The van der Waals surface area contributed by atoms with Gasteiger partial charge < -0.3 is 4.74 Å². The van der Waals surface area contributed by atoms with Crippen LogP contribution in [-0.2, 0) is 10.9 Å². The molecule has 2 heterocycles. The van der Waals surface area contributed by atoms with Crippen molar-refractivity contribution >= 4 is 11.6 Å². The summed E-state index contributed by atoms with van der Waals surface area (Å²) >= 11 is 0. The van der Waals surface area contributed by atoms with Crippen LogP contribution in [0.3, 0.4) is 0 Å². The second-order valence-corrected chi connectivity index (χ2v) is 4.93. The maximum absolute atomic E-state index is 12.6. The number of aromatic nitrogens is 3. The third kappa shape index (κ3) is 2.94. The molecule has 0 aliphatic carbocycles. The normalized spacial score (nSPS) is 11.7. The molecule has 1 aromatic carbocycles. The molecular formula is C16H12F3N3O2. The number of benzene rings is 1. The van der Waals surface area contributed by atoms with E-state index < -0.39 is 17.7 Å². The van der Waals surface area contributed by atoms with E-state index in [4.69, 9.17) is 4.74 Å². The number of rotatable bonds is 3. The number of hydrogen-bond donors (Lipinski definition) is 0. The molecule has 2 aromatic heterocycles. The number of carbonyl (C=O) groups excluding carboxylic acids is 1. The first kappa shape index (κ1) is 16.0. The Bertz CT molecular complexity index is 886. The van der Waals surface area contributed by atoms with Crippen molar-refractivity contribution in [3.05, 3.63) is 53.9 Å². The Morgan fingerprint density at radius 1 is 1.21 bits per heavy atom. The number of imidazole rings is 1. The van der Waals surface area contributed by atoms with Gasteiger partial charge in [0, 0.05) is 11.8 Å². The standard InChI is InChI=1S/C16H12F3N3O2/c1-2-24-15(23)12-7-8-20-22-9-13(21-14(12)22)10-3-5-11(6-4-10)16(17,18)19/h3-9H,2H2,1H3. The van der Waals surface area contributed by atoms with Crippen LogP contribution in [0.15, 0.2) is 42.7 Å². The first-order valence-corrected chi connectivity index (χ1v) is 7.09. The fraction of sp³-hybridized carbons (Fsp3) is 0.188. The molecule has 0 radical (unpaired) electrons. The highest BCUT2D eigenvalue weighted by molar-refractivity contribution is 5.96. The van der Waals surface area contributed by atoms with Gasteiger partial charge in [0.2, 0.25) is 0 Å². The van der Waals surface area contributed by atoms with E-state index in [-0.39, 0.29) is 17.8 Å². The fourth-order valence-corrected chi connectivity index (χ4v) is 2.23. The maximum atomic E-state index is 12.6. The minimum absolute atomic E-state index is 0.222. The molecule has 3 aromatic rings. The van der Waals surface area contributed by atoms with Crippen molar-refractivity contribution in [1.29, 1.82) is 0 Å². The van der Waals surface area contributed by atoms with Gasteiger partial charge in [-0.2, -0.15) is 18.3 Å². The highest BCUT2D eigenvalue weighted by atomic mass is 19.4. The molecule has 0 fully saturated rings. The van der Waals surface area contributed by atoms with E-state index >= 15 is 0 Å². The van der Waals surface area contributed by atoms with Crippen molar-refractivity contribution in [2.45, 2.75) is 13.1 Å². The summed E-state index contributed by atoms with van der Waals surface area (Å²) in [6, 6.07) is 6.11. The van der Waals surface area contributed by atoms with Crippen LogP contribution in [0.2, 0.25) is 0 Å². The Morgan fingerprint density at radius 2 is 1.92 bits per heavy atom. The first-order valence-electron chi connectivity index (χ1n) is 7.09. The van der Waals surface area contributed by atoms with Gasteiger partial charge >= 0.3 is 12.1 Å². The Hall–Kier alpha value is -2.90. The summed E-state index contributed by atoms with van der Waals surface area (Å²) in [5.41, 5.74) is 0.687. The molecule has 124 valence electrons. The van der Waals surface area contributed by atoms with E-state index in [1.165, 1.54) is 28.9 Å². The van der Waals surface area contributed by atoms with Gasteiger partial charge in [0.15, 0.2) is 5.65 Å². The molecule has 0 N–H and O–H groups in total. The van der Waals surface area contributed by atoms with Crippen LogP contribution in [0.4, 0.5) is 13.2 Å². The largest absolute Gasteiger partial charge is 0.462 e. The number of nitrogens with zero attached hydrogens (tertiary/aromatic N) is 3. The highest BCUT2D eigenvalue weighted by Crippen LogP contribution is 2.30. The van der Waals surface area contributed by atoms with E-state index in [9.17, 15) is 18.0 Å². The van der Waals surface area contributed by atoms with Crippen molar-refractivity contribution in [1.82, 2.24) is 14.6 Å². The predicted molar refractivity (Wildman–Crippen MR) is 79.4 cm³/mol. The number of hydrogen-bond acceptors (Lipinski definition) is 4. The summed E-state index contributed by atoms with van der Waals surface area (Å²) in [6.07, 6.45) is -1.42. The predicted octanol–water partition coefficient (Wildman–Crippen LogP) is 3.59. The van der Waals surface area contributed by atoms with Crippen LogP contribution in [0.5, 0.6) is 0 Å². The second kappa shape index (κ2) is 5.95. The van der Waals surface area contributed by atoms with Crippen molar-refractivity contribution in [3.8, 4) is 11.3 Å². The number of ether oxygens (including phenoxy) is 1. The first-order chi connectivity index (χ1) is 11.4. The van der Waals surface area contributed by atoms with Crippen molar-refractivity contribution in [2.24, 2.45) is 0 Å². The Kier molecular flexibility index (Phi) is 3.96. The number of fused-ring (bicyclic) bond motifs is 1. The minimum Gasteiger partial charge on any atom is -0.462 e. The summed E-state index contributed by atoms with van der Waals surface area (Å²) in [6.45, 7) is 1.91. The minimum atomic E-state index is -4.39. The molecule has 0 saturated carbocycles. The maximum Gasteiger partial charge on any atom is 0.416 e. The fourth-order valence-electron chi connectivity index (χ4n) is 2.23. The average Bonchev–Trinajstić information content (AvgIpc) is 2.98. The van der Waals surface area contributed by atoms with Crippen LogP contribution >= 0.6 is 0 Å². The zero-order valence-corrected chi connectivity index (χ0v) is 12.5. The lowest BCUT2D eigenvalue weighted by Gasteiger charge is -2.06. The van der Waals surface area contributed by atoms with Gasteiger partial charge in [-0.1, -0.05) is 12.1 Å². The molecule has 0 unspecified atom stereocenters. The van der Waals surface area contributed by atoms with Gasteiger partial charge in [-0.3, -0.25) is 0 Å². The summed E-state index contributed by atoms with van der Waals surface area (Å²) in [5, 5.41) is 4.05. The molecule has 8 heteroatoms. The summed E-state index contributed by atoms with van der Waals surface area (Å²) in [5.74, 6) is -0.533. The van der Waals surface area contributed by atoms with Gasteiger partial charge in [0.05, 0.1) is 24.1 Å². The third-order valence-corrected chi connectivity index (χ3v) is 3.36. The molecule has 3 rings (SSSR count). The quantitative estimate of drug-likeness (QED) is 0.687. The van der Waals surface area contributed by atoms with Crippen molar-refractivity contribution in [3.63, 3.8) is 0 Å². The second-order valence-electron chi connectivity index (χ2n) is 4.93. The van der Waals surface area contributed by atoms with E-state index in [0.29, 0.717) is 11.3 Å². The van der Waals surface area contributed by atoms with Gasteiger partial charge in [-0.05, 0) is 25.1 Å². The van der Waals surface area contributed by atoms with Gasteiger partial charge in [0.25, 0.3) is 0 Å². The van der Waals surface area contributed by atoms with Crippen molar-refractivity contribution < 1.29 is 22.7 Å².